The van der Waals surface area contributed by atoms with Crippen molar-refractivity contribution in [3.8, 4) is 11.5 Å². The van der Waals surface area contributed by atoms with Crippen LogP contribution in [0.1, 0.15) is 23.9 Å². The van der Waals surface area contributed by atoms with E-state index in [0.29, 0.717) is 25.4 Å². The lowest BCUT2D eigenvalue weighted by atomic mass is 10.2. The number of rotatable bonds is 8. The van der Waals surface area contributed by atoms with Gasteiger partial charge in [0.15, 0.2) is 11.5 Å². The van der Waals surface area contributed by atoms with Crippen LogP contribution in [0.2, 0.25) is 0 Å². The molecule has 7 heteroatoms. The van der Waals surface area contributed by atoms with Crippen LogP contribution in [0.15, 0.2) is 28.8 Å². The second-order valence-corrected chi connectivity index (χ2v) is 5.19. The van der Waals surface area contributed by atoms with Crippen molar-refractivity contribution in [1.82, 2.24) is 10.1 Å². The molecule has 0 bridgehead atoms. The van der Waals surface area contributed by atoms with E-state index in [9.17, 15) is 8.78 Å². The molecule has 0 unspecified atom stereocenters. The first-order valence-corrected chi connectivity index (χ1v) is 7.29. The number of halogens is 2. The smallest absolute Gasteiger partial charge is 0.387 e. The summed E-state index contributed by atoms with van der Waals surface area (Å²) in [7, 11) is 1.94. The summed E-state index contributed by atoms with van der Waals surface area (Å²) in [6.07, 6.45) is 0. The molecular weight excluding hydrogens is 306 g/mol. The van der Waals surface area contributed by atoms with Crippen molar-refractivity contribution in [3.63, 3.8) is 0 Å². The van der Waals surface area contributed by atoms with E-state index >= 15 is 0 Å². The van der Waals surface area contributed by atoms with Crippen molar-refractivity contribution >= 4 is 0 Å². The van der Waals surface area contributed by atoms with E-state index < -0.39 is 6.61 Å². The van der Waals surface area contributed by atoms with Crippen molar-refractivity contribution in [2.45, 2.75) is 33.5 Å². The molecule has 1 heterocycles. The average molecular weight is 326 g/mol. The lowest BCUT2D eigenvalue weighted by Gasteiger charge is -2.17. The zero-order chi connectivity index (χ0) is 16.8. The normalized spacial score (nSPS) is 11.3. The van der Waals surface area contributed by atoms with Gasteiger partial charge in [0, 0.05) is 19.2 Å². The Kier molecular flexibility index (Phi) is 5.92. The van der Waals surface area contributed by atoms with E-state index in [0.717, 1.165) is 17.0 Å². The maximum atomic E-state index is 12.4. The summed E-state index contributed by atoms with van der Waals surface area (Å²) in [5.74, 6) is 1.12. The van der Waals surface area contributed by atoms with E-state index in [1.54, 1.807) is 19.1 Å². The Morgan fingerprint density at radius 3 is 2.61 bits per heavy atom. The predicted molar refractivity (Wildman–Crippen MR) is 80.7 cm³/mol. The first-order chi connectivity index (χ1) is 11.0. The van der Waals surface area contributed by atoms with Gasteiger partial charge in [-0.1, -0.05) is 11.2 Å². The van der Waals surface area contributed by atoms with Crippen LogP contribution in [-0.4, -0.2) is 30.3 Å². The van der Waals surface area contributed by atoms with Crippen molar-refractivity contribution < 1.29 is 22.8 Å². The maximum absolute atomic E-state index is 12.4. The van der Waals surface area contributed by atoms with Gasteiger partial charge in [0.1, 0.15) is 5.76 Å². The third-order valence-electron chi connectivity index (χ3n) is 3.09. The third kappa shape index (κ3) is 5.21. The van der Waals surface area contributed by atoms with Crippen LogP contribution in [-0.2, 0) is 13.1 Å². The summed E-state index contributed by atoms with van der Waals surface area (Å²) in [5.41, 5.74) is 1.77. The van der Waals surface area contributed by atoms with Crippen LogP contribution < -0.4 is 9.47 Å². The van der Waals surface area contributed by atoms with E-state index in [-0.39, 0.29) is 5.75 Å². The number of ether oxygens (including phenoxy) is 2. The van der Waals surface area contributed by atoms with E-state index in [1.165, 1.54) is 6.07 Å². The molecule has 0 atom stereocenters. The number of hydrogen-bond acceptors (Lipinski definition) is 5. The average Bonchev–Trinajstić information content (AvgIpc) is 2.86. The topological polar surface area (TPSA) is 47.7 Å². The minimum absolute atomic E-state index is 0.0420. The molecule has 0 aliphatic carbocycles. The van der Waals surface area contributed by atoms with Crippen LogP contribution in [0.25, 0.3) is 0 Å². The fourth-order valence-electron chi connectivity index (χ4n) is 2.25. The molecule has 0 saturated heterocycles. The van der Waals surface area contributed by atoms with Crippen molar-refractivity contribution in [3.05, 3.63) is 41.3 Å². The SMILES string of the molecule is CCOc1cc(CN(C)Cc2cc(C)on2)ccc1OC(F)F. The maximum Gasteiger partial charge on any atom is 0.387 e. The highest BCUT2D eigenvalue weighted by Crippen LogP contribution is 2.30. The van der Waals surface area contributed by atoms with Crippen LogP contribution in [0.5, 0.6) is 11.5 Å². The molecule has 0 N–H and O–H groups in total. The van der Waals surface area contributed by atoms with Crippen LogP contribution in [0.3, 0.4) is 0 Å². The van der Waals surface area contributed by atoms with Crippen molar-refractivity contribution in [2.75, 3.05) is 13.7 Å². The molecule has 0 radical (unpaired) electrons. The summed E-state index contributed by atoms with van der Waals surface area (Å²) in [6.45, 7) is 2.36. The molecule has 0 amide bonds. The highest BCUT2D eigenvalue weighted by molar-refractivity contribution is 5.43. The number of alkyl halides is 2. The van der Waals surface area contributed by atoms with Gasteiger partial charge in [-0.15, -0.1) is 0 Å². The third-order valence-corrected chi connectivity index (χ3v) is 3.09. The van der Waals surface area contributed by atoms with Gasteiger partial charge >= 0.3 is 6.61 Å². The molecule has 0 saturated carbocycles. The Morgan fingerprint density at radius 1 is 1.22 bits per heavy atom. The molecule has 23 heavy (non-hydrogen) atoms. The Morgan fingerprint density at radius 2 is 2.00 bits per heavy atom. The minimum atomic E-state index is -2.88. The summed E-state index contributed by atoms with van der Waals surface area (Å²) in [5, 5.41) is 3.95. The number of aromatic nitrogens is 1. The van der Waals surface area contributed by atoms with Crippen LogP contribution in [0.4, 0.5) is 8.78 Å². The molecular formula is C16H20F2N2O3. The zero-order valence-corrected chi connectivity index (χ0v) is 13.4. The Bertz CT molecular complexity index is 632. The fraction of sp³-hybridized carbons (Fsp3) is 0.438. The summed E-state index contributed by atoms with van der Waals surface area (Å²) >= 11 is 0. The quantitative estimate of drug-likeness (QED) is 0.741. The molecule has 0 aliphatic rings. The molecule has 1 aromatic heterocycles. The van der Waals surface area contributed by atoms with Gasteiger partial charge in [-0.05, 0) is 38.6 Å². The van der Waals surface area contributed by atoms with Gasteiger partial charge in [-0.2, -0.15) is 8.78 Å². The Labute approximate surface area is 133 Å². The minimum Gasteiger partial charge on any atom is -0.490 e. The highest BCUT2D eigenvalue weighted by atomic mass is 19.3. The monoisotopic (exact) mass is 326 g/mol. The van der Waals surface area contributed by atoms with Crippen LogP contribution in [0, 0.1) is 6.92 Å². The number of benzene rings is 1. The Hall–Kier alpha value is -2.15. The molecule has 2 rings (SSSR count). The summed E-state index contributed by atoms with van der Waals surface area (Å²) in [4.78, 5) is 2.04. The molecule has 2 aromatic rings. The molecule has 1 aromatic carbocycles. The number of aryl methyl sites for hydroxylation is 1. The van der Waals surface area contributed by atoms with E-state index in [1.807, 2.05) is 24.9 Å². The molecule has 0 fully saturated rings. The number of hydrogen-bond donors (Lipinski definition) is 0. The van der Waals surface area contributed by atoms with Crippen LogP contribution >= 0.6 is 0 Å². The first kappa shape index (κ1) is 17.2. The molecule has 5 nitrogen and oxygen atoms in total. The Balaban J connectivity index is 2.05. The van der Waals surface area contributed by atoms with Gasteiger partial charge in [-0.25, -0.2) is 0 Å². The first-order valence-electron chi connectivity index (χ1n) is 7.29. The van der Waals surface area contributed by atoms with Crippen molar-refractivity contribution in [1.29, 1.82) is 0 Å². The fourth-order valence-corrected chi connectivity index (χ4v) is 2.25. The second-order valence-electron chi connectivity index (χ2n) is 5.19. The highest BCUT2D eigenvalue weighted by Gasteiger charge is 2.13. The van der Waals surface area contributed by atoms with Gasteiger partial charge in [0.25, 0.3) is 0 Å². The molecule has 126 valence electrons. The van der Waals surface area contributed by atoms with E-state index in [4.69, 9.17) is 9.26 Å². The molecule has 0 spiro atoms. The van der Waals surface area contributed by atoms with Crippen molar-refractivity contribution in [2.24, 2.45) is 0 Å². The summed E-state index contributed by atoms with van der Waals surface area (Å²) < 4.78 is 39.7. The van der Waals surface area contributed by atoms with E-state index in [2.05, 4.69) is 9.89 Å². The van der Waals surface area contributed by atoms with Gasteiger partial charge in [0.2, 0.25) is 0 Å². The second kappa shape index (κ2) is 7.92. The number of nitrogens with zero attached hydrogens (tertiary/aromatic N) is 2. The summed E-state index contributed by atoms with van der Waals surface area (Å²) in [6, 6.07) is 6.83. The standard InChI is InChI=1S/C16H20F2N2O3/c1-4-21-15-8-12(5-6-14(15)22-16(17)18)9-20(3)10-13-7-11(2)23-19-13/h5-8,16H,4,9-10H2,1-3H3. The zero-order valence-electron chi connectivity index (χ0n) is 13.4. The van der Waals surface area contributed by atoms with Gasteiger partial charge < -0.3 is 14.0 Å². The van der Waals surface area contributed by atoms with Gasteiger partial charge in [-0.3, -0.25) is 4.90 Å². The largest absolute Gasteiger partial charge is 0.490 e. The predicted octanol–water partition coefficient (Wildman–Crippen LogP) is 3.62. The molecule has 0 aliphatic heterocycles. The van der Waals surface area contributed by atoms with Gasteiger partial charge in [0.05, 0.1) is 12.3 Å². The lowest BCUT2D eigenvalue weighted by Crippen LogP contribution is -2.17. The lowest BCUT2D eigenvalue weighted by molar-refractivity contribution is -0.0514.